The van der Waals surface area contributed by atoms with Gasteiger partial charge < -0.3 is 10.1 Å². The van der Waals surface area contributed by atoms with Gasteiger partial charge in [-0.3, -0.25) is 9.69 Å². The number of rotatable bonds is 2. The number of nitrogens with zero attached hydrogens (tertiary/aromatic N) is 1. The zero-order valence-corrected chi connectivity index (χ0v) is 12.3. The van der Waals surface area contributed by atoms with E-state index in [1.54, 1.807) is 0 Å². The number of hydrogen-bond acceptors (Lipinski definition) is 3. The molecule has 0 radical (unpaired) electrons. The maximum atomic E-state index is 11.2. The molecule has 4 nitrogen and oxygen atoms in total. The Bertz CT molecular complexity index is 273. The van der Waals surface area contributed by atoms with Crippen molar-refractivity contribution in [2.75, 3.05) is 13.1 Å². The summed E-state index contributed by atoms with van der Waals surface area (Å²) in [7, 11) is 0. The van der Waals surface area contributed by atoms with E-state index >= 15 is 0 Å². The van der Waals surface area contributed by atoms with E-state index < -0.39 is 9.96 Å². The summed E-state index contributed by atoms with van der Waals surface area (Å²) in [5.41, 5.74) is 0. The Balaban J connectivity index is 2.78. The Morgan fingerprint density at radius 3 is 2.18 bits per heavy atom. The maximum absolute atomic E-state index is 11.2. The minimum absolute atomic E-state index is 0.0439. The first-order valence-electron chi connectivity index (χ1n) is 5.43. The van der Waals surface area contributed by atoms with E-state index in [0.717, 1.165) is 0 Å². The van der Waals surface area contributed by atoms with Gasteiger partial charge in [-0.25, -0.2) is 0 Å². The van der Waals surface area contributed by atoms with Crippen LogP contribution in [0.3, 0.4) is 0 Å². The first kappa shape index (κ1) is 15.3. The van der Waals surface area contributed by atoms with Crippen molar-refractivity contribution in [1.82, 2.24) is 10.2 Å². The average Bonchev–Trinajstić information content (AvgIpc) is 2.10. The summed E-state index contributed by atoms with van der Waals surface area (Å²) in [6, 6.07) is 0. The van der Waals surface area contributed by atoms with E-state index in [9.17, 15) is 4.79 Å². The van der Waals surface area contributed by atoms with Gasteiger partial charge in [-0.05, 0) is 13.8 Å². The number of alkyl halides is 3. The van der Waals surface area contributed by atoms with Crippen LogP contribution in [0.1, 0.15) is 20.8 Å². The molecule has 0 aromatic heterocycles. The number of halogens is 3. The quantitative estimate of drug-likeness (QED) is 0.793. The Kier molecular flexibility index (Phi) is 5.35. The van der Waals surface area contributed by atoms with Crippen LogP contribution in [0.2, 0.25) is 0 Å². The predicted octanol–water partition coefficient (Wildman–Crippen LogP) is 1.93. The smallest absolute Gasteiger partial charge is 0.223 e. The number of carbonyl (C=O) groups excluding carboxylic acids is 1. The molecule has 0 spiro atoms. The fraction of sp³-hybridized carbons (Fsp3) is 0.900. The molecule has 0 aromatic rings. The summed E-state index contributed by atoms with van der Waals surface area (Å²) in [5, 5.41) is 2.67. The van der Waals surface area contributed by atoms with Gasteiger partial charge in [0.25, 0.3) is 0 Å². The van der Waals surface area contributed by atoms with Crippen LogP contribution in [0.5, 0.6) is 0 Å². The van der Waals surface area contributed by atoms with Crippen molar-refractivity contribution in [3.05, 3.63) is 0 Å². The summed E-state index contributed by atoms with van der Waals surface area (Å²) in [6.07, 6.45) is -0.552. The van der Waals surface area contributed by atoms with Crippen LogP contribution in [-0.2, 0) is 9.53 Å². The number of ether oxygens (including phenoxy) is 1. The number of carbonyl (C=O) groups is 1. The van der Waals surface area contributed by atoms with Crippen molar-refractivity contribution in [3.63, 3.8) is 0 Å². The highest BCUT2D eigenvalue weighted by Gasteiger charge is 2.40. The van der Waals surface area contributed by atoms with E-state index in [4.69, 9.17) is 39.5 Å². The van der Waals surface area contributed by atoms with Crippen LogP contribution in [-0.4, -0.2) is 46.1 Å². The summed E-state index contributed by atoms with van der Waals surface area (Å²) in [4.78, 5) is 13.1. The van der Waals surface area contributed by atoms with Crippen LogP contribution >= 0.6 is 34.8 Å². The normalized spacial score (nSPS) is 28.8. The molecule has 7 heteroatoms. The highest BCUT2D eigenvalue weighted by atomic mass is 35.6. The highest BCUT2D eigenvalue weighted by Crippen LogP contribution is 2.33. The molecule has 1 fully saturated rings. The minimum atomic E-state index is -1.57. The monoisotopic (exact) mass is 302 g/mol. The lowest BCUT2D eigenvalue weighted by Crippen LogP contribution is -2.60. The third kappa shape index (κ3) is 4.79. The van der Waals surface area contributed by atoms with Gasteiger partial charge in [0.15, 0.2) is 0 Å². The molecule has 1 saturated heterocycles. The van der Waals surface area contributed by atoms with Crippen LogP contribution in [0, 0.1) is 0 Å². The lowest BCUT2D eigenvalue weighted by Gasteiger charge is -2.42. The molecular weight excluding hydrogens is 286 g/mol. The Morgan fingerprint density at radius 1 is 1.35 bits per heavy atom. The molecule has 17 heavy (non-hydrogen) atoms. The zero-order valence-electron chi connectivity index (χ0n) is 10.0. The molecule has 1 aliphatic rings. The third-order valence-electron chi connectivity index (χ3n) is 2.46. The summed E-state index contributed by atoms with van der Waals surface area (Å²) >= 11 is 17.7. The molecule has 1 heterocycles. The molecule has 1 aliphatic heterocycles. The molecule has 1 rings (SSSR count). The van der Waals surface area contributed by atoms with Gasteiger partial charge in [0, 0.05) is 20.0 Å². The van der Waals surface area contributed by atoms with E-state index in [0.29, 0.717) is 13.1 Å². The second-order valence-electron chi connectivity index (χ2n) is 4.36. The third-order valence-corrected chi connectivity index (χ3v) is 3.08. The zero-order chi connectivity index (χ0) is 13.2. The van der Waals surface area contributed by atoms with E-state index in [1.165, 1.54) is 6.92 Å². The SMILES string of the molecule is CC(=O)N[C@@H](N1C[C@@H](C)O[C@H](C)C1)C(Cl)(Cl)Cl. The molecule has 0 aliphatic carbocycles. The highest BCUT2D eigenvalue weighted by molar-refractivity contribution is 6.68. The molecule has 0 bridgehead atoms. The van der Waals surface area contributed by atoms with Gasteiger partial charge in [0.1, 0.15) is 6.17 Å². The Morgan fingerprint density at radius 2 is 1.82 bits per heavy atom. The van der Waals surface area contributed by atoms with Crippen LogP contribution < -0.4 is 5.32 Å². The van der Waals surface area contributed by atoms with Gasteiger partial charge in [-0.2, -0.15) is 0 Å². The van der Waals surface area contributed by atoms with Gasteiger partial charge in [0.05, 0.1) is 12.2 Å². The van der Waals surface area contributed by atoms with E-state index in [-0.39, 0.29) is 18.1 Å². The van der Waals surface area contributed by atoms with E-state index in [1.807, 2.05) is 18.7 Å². The number of nitrogens with one attached hydrogen (secondary N) is 1. The topological polar surface area (TPSA) is 41.6 Å². The van der Waals surface area contributed by atoms with Crippen LogP contribution in [0.4, 0.5) is 0 Å². The van der Waals surface area contributed by atoms with Gasteiger partial charge in [-0.15, -0.1) is 0 Å². The summed E-state index contributed by atoms with van der Waals surface area (Å²) < 4.78 is 4.03. The predicted molar refractivity (Wildman–Crippen MR) is 69.5 cm³/mol. The van der Waals surface area contributed by atoms with Gasteiger partial charge in [0.2, 0.25) is 9.70 Å². The largest absolute Gasteiger partial charge is 0.373 e. The van der Waals surface area contributed by atoms with Crippen LogP contribution in [0.25, 0.3) is 0 Å². The fourth-order valence-electron chi connectivity index (χ4n) is 2.00. The Labute approximate surface area is 117 Å². The summed E-state index contributed by atoms with van der Waals surface area (Å²) in [6.45, 7) is 6.53. The first-order chi connectivity index (χ1) is 7.70. The number of hydrogen-bond donors (Lipinski definition) is 1. The van der Waals surface area contributed by atoms with Crippen molar-refractivity contribution in [2.24, 2.45) is 0 Å². The Hall–Kier alpha value is 0.260. The van der Waals surface area contributed by atoms with Gasteiger partial charge >= 0.3 is 0 Å². The van der Waals surface area contributed by atoms with Crippen LogP contribution in [0.15, 0.2) is 0 Å². The minimum Gasteiger partial charge on any atom is -0.373 e. The van der Waals surface area contributed by atoms with Crippen molar-refractivity contribution in [3.8, 4) is 0 Å². The van der Waals surface area contributed by atoms with E-state index in [2.05, 4.69) is 5.32 Å². The summed E-state index contributed by atoms with van der Waals surface area (Å²) in [5.74, 6) is -0.229. The molecule has 100 valence electrons. The lowest BCUT2D eigenvalue weighted by molar-refractivity contribution is -0.124. The number of morpholine rings is 1. The number of amides is 1. The molecule has 3 atom stereocenters. The average molecular weight is 304 g/mol. The molecule has 0 unspecified atom stereocenters. The lowest BCUT2D eigenvalue weighted by atomic mass is 10.2. The van der Waals surface area contributed by atoms with Crippen molar-refractivity contribution in [1.29, 1.82) is 0 Å². The molecular formula is C10H17Cl3N2O2. The maximum Gasteiger partial charge on any atom is 0.223 e. The van der Waals surface area contributed by atoms with Crippen molar-refractivity contribution in [2.45, 2.75) is 42.9 Å². The standard InChI is InChI=1S/C10H17Cl3N2O2/c1-6-4-15(5-7(2)17-6)9(10(11,12)13)14-8(3)16/h6-7,9H,4-5H2,1-3H3,(H,14,16)/t6-,7-,9+/m1/s1. The molecule has 0 aromatic carbocycles. The first-order valence-corrected chi connectivity index (χ1v) is 6.57. The van der Waals surface area contributed by atoms with Crippen molar-refractivity contribution >= 4 is 40.7 Å². The van der Waals surface area contributed by atoms with Gasteiger partial charge in [-0.1, -0.05) is 34.8 Å². The fourth-order valence-corrected chi connectivity index (χ4v) is 2.58. The molecule has 1 amide bonds. The second kappa shape index (κ2) is 5.93. The molecule has 1 N–H and O–H groups in total. The second-order valence-corrected chi connectivity index (χ2v) is 6.72. The van der Waals surface area contributed by atoms with Crippen molar-refractivity contribution < 1.29 is 9.53 Å². The molecule has 0 saturated carbocycles.